The summed E-state index contributed by atoms with van der Waals surface area (Å²) in [6, 6.07) is 5.25. The number of benzene rings is 1. The molecule has 2 atom stereocenters. The van der Waals surface area contributed by atoms with Crippen molar-refractivity contribution < 1.29 is 4.39 Å². The quantitative estimate of drug-likeness (QED) is 0.877. The lowest BCUT2D eigenvalue weighted by Gasteiger charge is -2.34. The van der Waals surface area contributed by atoms with Gasteiger partial charge in [0.05, 0.1) is 0 Å². The predicted octanol–water partition coefficient (Wildman–Crippen LogP) is 4.26. The molecule has 0 radical (unpaired) electrons. The third kappa shape index (κ3) is 3.37. The van der Waals surface area contributed by atoms with E-state index in [4.69, 9.17) is 23.2 Å². The minimum atomic E-state index is -1.23. The first-order chi connectivity index (χ1) is 8.49. The first-order valence-electron chi connectivity index (χ1n) is 6.32. The van der Waals surface area contributed by atoms with Gasteiger partial charge in [-0.3, -0.25) is 0 Å². The molecule has 1 heterocycles. The lowest BCUT2D eigenvalue weighted by Crippen LogP contribution is -2.42. The van der Waals surface area contributed by atoms with Crippen LogP contribution >= 0.6 is 23.2 Å². The molecule has 4 heteroatoms. The zero-order valence-corrected chi connectivity index (χ0v) is 12.0. The maximum Gasteiger partial charge on any atom is 0.116 e. The number of alkyl halides is 1. The summed E-state index contributed by atoms with van der Waals surface area (Å²) in [5, 5.41) is 4.39. The molecule has 0 bridgehead atoms. The van der Waals surface area contributed by atoms with E-state index in [-0.39, 0.29) is 5.92 Å². The van der Waals surface area contributed by atoms with Gasteiger partial charge in [0.15, 0.2) is 0 Å². The number of piperidine rings is 1. The maximum absolute atomic E-state index is 14.8. The van der Waals surface area contributed by atoms with Crippen molar-refractivity contribution in [2.45, 2.75) is 31.9 Å². The number of rotatable bonds is 3. The smallest absolute Gasteiger partial charge is 0.116 e. The van der Waals surface area contributed by atoms with Gasteiger partial charge in [0.1, 0.15) is 5.67 Å². The summed E-state index contributed by atoms with van der Waals surface area (Å²) >= 11 is 12.0. The van der Waals surface area contributed by atoms with E-state index in [9.17, 15) is 4.39 Å². The van der Waals surface area contributed by atoms with Crippen molar-refractivity contribution in [2.75, 3.05) is 13.1 Å². The first kappa shape index (κ1) is 14.1. The van der Waals surface area contributed by atoms with Gasteiger partial charge >= 0.3 is 0 Å². The van der Waals surface area contributed by atoms with Crippen LogP contribution in [0.2, 0.25) is 10.0 Å². The number of hydrogen-bond acceptors (Lipinski definition) is 1. The third-order valence-electron chi connectivity index (χ3n) is 3.70. The van der Waals surface area contributed by atoms with Gasteiger partial charge in [-0.05, 0) is 44.0 Å². The minimum Gasteiger partial charge on any atom is -0.316 e. The van der Waals surface area contributed by atoms with Crippen LogP contribution in [-0.2, 0) is 6.42 Å². The van der Waals surface area contributed by atoms with Gasteiger partial charge < -0.3 is 5.32 Å². The van der Waals surface area contributed by atoms with Crippen molar-refractivity contribution in [3.8, 4) is 0 Å². The van der Waals surface area contributed by atoms with Crippen LogP contribution in [0.1, 0.15) is 25.3 Å². The normalized spacial score (nSPS) is 23.7. The third-order valence-corrected chi connectivity index (χ3v) is 4.29. The Morgan fingerprint density at radius 2 is 2.22 bits per heavy atom. The Labute approximate surface area is 118 Å². The van der Waals surface area contributed by atoms with Gasteiger partial charge in [-0.2, -0.15) is 0 Å². The molecule has 1 fully saturated rings. The lowest BCUT2D eigenvalue weighted by atomic mass is 9.81. The van der Waals surface area contributed by atoms with Gasteiger partial charge in [-0.25, -0.2) is 4.39 Å². The summed E-state index contributed by atoms with van der Waals surface area (Å²) in [5.41, 5.74) is -0.401. The van der Waals surface area contributed by atoms with Crippen LogP contribution < -0.4 is 5.32 Å². The van der Waals surface area contributed by atoms with Gasteiger partial charge in [0.25, 0.3) is 0 Å². The van der Waals surface area contributed by atoms with E-state index in [0.717, 1.165) is 31.5 Å². The average molecular weight is 290 g/mol. The zero-order chi connectivity index (χ0) is 13.2. The van der Waals surface area contributed by atoms with E-state index in [2.05, 4.69) is 5.32 Å². The Bertz CT molecular complexity index is 414. The molecule has 0 saturated carbocycles. The van der Waals surface area contributed by atoms with Gasteiger partial charge in [0, 0.05) is 28.9 Å². The molecule has 100 valence electrons. The summed E-state index contributed by atoms with van der Waals surface area (Å²) in [6.45, 7) is 3.42. The molecular formula is C14H18Cl2FN. The van der Waals surface area contributed by atoms with E-state index in [0.29, 0.717) is 16.5 Å². The molecule has 0 aromatic heterocycles. The van der Waals surface area contributed by atoms with Crippen molar-refractivity contribution in [1.82, 2.24) is 5.32 Å². The summed E-state index contributed by atoms with van der Waals surface area (Å²) in [7, 11) is 0. The lowest BCUT2D eigenvalue weighted by molar-refractivity contribution is 0.0834. The van der Waals surface area contributed by atoms with E-state index in [1.54, 1.807) is 19.1 Å². The Kier molecular flexibility index (Phi) is 4.52. The minimum absolute atomic E-state index is 0.0537. The summed E-state index contributed by atoms with van der Waals surface area (Å²) in [4.78, 5) is 0. The van der Waals surface area contributed by atoms with Crippen LogP contribution in [0.3, 0.4) is 0 Å². The highest BCUT2D eigenvalue weighted by Gasteiger charge is 2.35. The van der Waals surface area contributed by atoms with E-state index in [1.807, 2.05) is 6.07 Å². The monoisotopic (exact) mass is 289 g/mol. The maximum atomic E-state index is 14.8. The molecule has 2 rings (SSSR count). The summed E-state index contributed by atoms with van der Waals surface area (Å²) in [6.07, 6.45) is 2.32. The molecule has 1 saturated heterocycles. The topological polar surface area (TPSA) is 12.0 Å². The Morgan fingerprint density at radius 1 is 1.44 bits per heavy atom. The summed E-state index contributed by atoms with van der Waals surface area (Å²) in [5.74, 6) is 0.0537. The average Bonchev–Trinajstić information content (AvgIpc) is 2.34. The molecule has 0 amide bonds. The van der Waals surface area contributed by atoms with Crippen molar-refractivity contribution in [1.29, 1.82) is 0 Å². The van der Waals surface area contributed by atoms with Crippen molar-refractivity contribution in [3.05, 3.63) is 33.8 Å². The molecule has 1 aliphatic rings. The van der Waals surface area contributed by atoms with Crippen LogP contribution in [0.25, 0.3) is 0 Å². The van der Waals surface area contributed by atoms with Crippen LogP contribution in [0.15, 0.2) is 18.2 Å². The fraction of sp³-hybridized carbons (Fsp3) is 0.571. The highest BCUT2D eigenvalue weighted by Crippen LogP contribution is 2.33. The van der Waals surface area contributed by atoms with Crippen LogP contribution in [-0.4, -0.2) is 18.8 Å². The van der Waals surface area contributed by atoms with Gasteiger partial charge in [0.2, 0.25) is 0 Å². The SMILES string of the molecule is CC(F)(Cc1ccc(Cl)cc1Cl)C1CCCNC1. The molecule has 1 nitrogen and oxygen atoms in total. The molecule has 1 N–H and O–H groups in total. The number of halogens is 3. The number of hydrogen-bond donors (Lipinski definition) is 1. The highest BCUT2D eigenvalue weighted by atomic mass is 35.5. The predicted molar refractivity (Wildman–Crippen MR) is 75.3 cm³/mol. The Balaban J connectivity index is 2.10. The second-order valence-corrected chi connectivity index (χ2v) is 6.08. The second kappa shape index (κ2) is 5.77. The highest BCUT2D eigenvalue weighted by molar-refractivity contribution is 6.35. The fourth-order valence-electron chi connectivity index (χ4n) is 2.55. The molecule has 0 spiro atoms. The van der Waals surface area contributed by atoms with Gasteiger partial charge in [-0.1, -0.05) is 29.3 Å². The van der Waals surface area contributed by atoms with Crippen LogP contribution in [0.4, 0.5) is 4.39 Å². The van der Waals surface area contributed by atoms with Crippen LogP contribution in [0.5, 0.6) is 0 Å². The summed E-state index contributed by atoms with van der Waals surface area (Å²) < 4.78 is 14.8. The molecule has 2 unspecified atom stereocenters. The zero-order valence-electron chi connectivity index (χ0n) is 10.5. The Morgan fingerprint density at radius 3 is 2.83 bits per heavy atom. The standard InChI is InChI=1S/C14H18Cl2FN/c1-14(17,11-3-2-6-18-9-11)8-10-4-5-12(15)7-13(10)16/h4-5,7,11,18H,2-3,6,8-9H2,1H3. The number of nitrogens with one attached hydrogen (secondary N) is 1. The van der Waals surface area contributed by atoms with Crippen molar-refractivity contribution >= 4 is 23.2 Å². The Hall–Kier alpha value is -0.310. The molecule has 18 heavy (non-hydrogen) atoms. The second-order valence-electron chi connectivity index (χ2n) is 5.23. The van der Waals surface area contributed by atoms with Crippen LogP contribution in [0, 0.1) is 5.92 Å². The molecule has 1 aromatic rings. The van der Waals surface area contributed by atoms with E-state index < -0.39 is 5.67 Å². The molecule has 1 aliphatic heterocycles. The first-order valence-corrected chi connectivity index (χ1v) is 7.08. The largest absolute Gasteiger partial charge is 0.316 e. The van der Waals surface area contributed by atoms with Crippen molar-refractivity contribution in [2.24, 2.45) is 5.92 Å². The van der Waals surface area contributed by atoms with Gasteiger partial charge in [-0.15, -0.1) is 0 Å². The molecule has 1 aromatic carbocycles. The van der Waals surface area contributed by atoms with Crippen molar-refractivity contribution in [3.63, 3.8) is 0 Å². The molecule has 0 aliphatic carbocycles. The van der Waals surface area contributed by atoms with E-state index >= 15 is 0 Å². The molecular weight excluding hydrogens is 272 g/mol. The van der Waals surface area contributed by atoms with E-state index in [1.165, 1.54) is 0 Å². The fourth-order valence-corrected chi connectivity index (χ4v) is 3.02.